The van der Waals surface area contributed by atoms with E-state index in [9.17, 15) is 0 Å². The minimum atomic E-state index is 0. The van der Waals surface area contributed by atoms with E-state index in [1.54, 1.807) is 0 Å². The Morgan fingerprint density at radius 2 is 1.00 bits per heavy atom. The van der Waals surface area contributed by atoms with Crippen molar-refractivity contribution < 1.29 is 85.4 Å². The minimum Gasteiger partial charge on any atom is -2.00 e. The first kappa shape index (κ1) is 51.1. The Hall–Kier alpha value is 2.48. The Balaban J connectivity index is 0. The van der Waals surface area contributed by atoms with Crippen molar-refractivity contribution >= 4 is 0 Å². The van der Waals surface area contributed by atoms with E-state index in [-0.39, 0.29) is 85.4 Å². The van der Waals surface area contributed by atoms with E-state index >= 15 is 0 Å². The second kappa shape index (κ2) is 31.6. The molecule has 0 saturated carbocycles. The summed E-state index contributed by atoms with van der Waals surface area (Å²) in [6.07, 6.45) is 0. The third-order valence-electron chi connectivity index (χ3n) is 0. The number of hydrogen-bond acceptors (Lipinski definition) is 0. The smallest absolute Gasteiger partial charge is 2.00 e. The van der Waals surface area contributed by atoms with Gasteiger partial charge in [-0.3, -0.25) is 0 Å². The summed E-state index contributed by atoms with van der Waals surface area (Å²) in [7, 11) is 0. The predicted octanol–water partition coefficient (Wildman–Crippen LogP) is -3.12. The van der Waals surface area contributed by atoms with E-state index < -0.39 is 0 Å². The Labute approximate surface area is 84.2 Å². The maximum absolute atomic E-state index is 0. The molecule has 0 aromatic rings. The van der Waals surface area contributed by atoms with E-state index in [0.717, 1.165) is 0 Å². The molecule has 0 bridgehead atoms. The summed E-state index contributed by atoms with van der Waals surface area (Å²) >= 11 is 0. The molecule has 28 valence electrons. The maximum atomic E-state index is 0. The van der Waals surface area contributed by atoms with Crippen molar-refractivity contribution in [2.75, 3.05) is 0 Å². The molecule has 0 atom stereocenters. The summed E-state index contributed by atoms with van der Waals surface area (Å²) < 4.78 is 0. The van der Waals surface area contributed by atoms with Crippen molar-refractivity contribution in [2.45, 2.75) is 0 Å². The van der Waals surface area contributed by atoms with Crippen LogP contribution in [0, 0.1) is 0 Å². The van der Waals surface area contributed by atoms with Gasteiger partial charge >= 0.3 is 79.9 Å². The SMILES string of the molecule is [Co+2].[Mn+2].[Na+].[Ni+2].[O-2]. The monoisotopic (exact) mass is 211 g/mol. The predicted molar refractivity (Wildman–Crippen MR) is 0.686 cm³/mol. The fourth-order valence-electron chi connectivity index (χ4n) is 0. The van der Waals surface area contributed by atoms with Crippen molar-refractivity contribution in [3.8, 4) is 0 Å². The molecular weight excluding hydrogens is 212 g/mol. The van der Waals surface area contributed by atoms with Crippen LogP contribution < -0.4 is 29.6 Å². The van der Waals surface area contributed by atoms with Gasteiger partial charge in [0.15, 0.2) is 0 Å². The summed E-state index contributed by atoms with van der Waals surface area (Å²) in [4.78, 5) is 0. The fraction of sp³-hybridized carbons (Fsp3) is 0. The van der Waals surface area contributed by atoms with E-state index in [0.29, 0.717) is 0 Å². The molecule has 0 amide bonds. The van der Waals surface area contributed by atoms with E-state index in [2.05, 4.69) is 0 Å². The van der Waals surface area contributed by atoms with Crippen LogP contribution in [0.1, 0.15) is 0 Å². The molecule has 0 unspecified atom stereocenters. The van der Waals surface area contributed by atoms with Crippen molar-refractivity contribution in [2.24, 2.45) is 0 Å². The first-order chi connectivity index (χ1) is 0. The third kappa shape index (κ3) is 21.1. The summed E-state index contributed by atoms with van der Waals surface area (Å²) in [5.74, 6) is 0. The molecule has 0 N–H and O–H groups in total. The number of hydrogen-bond donors (Lipinski definition) is 0. The molecule has 0 fully saturated rings. The standard InChI is InChI=1S/Co.Mn.Na.Ni.O/q2*+2;+1;+2;-2. The van der Waals surface area contributed by atoms with Gasteiger partial charge in [0.25, 0.3) is 0 Å². The Bertz CT molecular complexity index is 11.6. The molecular formula is CoMnNaNiO+5. The van der Waals surface area contributed by atoms with Gasteiger partial charge in [0.2, 0.25) is 0 Å². The van der Waals surface area contributed by atoms with Gasteiger partial charge in [-0.1, -0.05) is 0 Å². The molecule has 0 saturated heterocycles. The first-order valence-electron chi connectivity index (χ1n) is 0. The van der Waals surface area contributed by atoms with Crippen LogP contribution in [0.15, 0.2) is 0 Å². The van der Waals surface area contributed by atoms with Crippen molar-refractivity contribution in [1.82, 2.24) is 0 Å². The summed E-state index contributed by atoms with van der Waals surface area (Å²) in [6, 6.07) is 0. The Morgan fingerprint density at radius 3 is 1.00 bits per heavy atom. The average molecular weight is 212 g/mol. The van der Waals surface area contributed by atoms with Crippen LogP contribution in [0.3, 0.4) is 0 Å². The zero-order valence-corrected chi connectivity index (χ0v) is 7.64. The van der Waals surface area contributed by atoms with Crippen LogP contribution in [0.2, 0.25) is 0 Å². The average Bonchev–Trinajstić information content (AvgIpc) is 0. The topological polar surface area (TPSA) is 28.5 Å². The molecule has 1 nitrogen and oxygen atoms in total. The van der Waals surface area contributed by atoms with Gasteiger partial charge in [0.1, 0.15) is 0 Å². The van der Waals surface area contributed by atoms with E-state index in [1.807, 2.05) is 0 Å². The molecule has 0 spiro atoms. The quantitative estimate of drug-likeness (QED) is 0.380. The van der Waals surface area contributed by atoms with Gasteiger partial charge in [-0.25, -0.2) is 0 Å². The molecule has 0 aliphatic heterocycles. The van der Waals surface area contributed by atoms with Gasteiger partial charge in [-0.2, -0.15) is 0 Å². The van der Waals surface area contributed by atoms with Crippen LogP contribution >= 0.6 is 0 Å². The molecule has 0 aromatic heterocycles. The van der Waals surface area contributed by atoms with E-state index in [1.165, 1.54) is 0 Å². The van der Waals surface area contributed by atoms with Crippen molar-refractivity contribution in [3.05, 3.63) is 0 Å². The van der Waals surface area contributed by atoms with Gasteiger partial charge in [-0.15, -0.1) is 0 Å². The summed E-state index contributed by atoms with van der Waals surface area (Å²) in [5.41, 5.74) is 0. The van der Waals surface area contributed by atoms with Crippen molar-refractivity contribution in [1.29, 1.82) is 0 Å². The molecule has 0 aliphatic rings. The molecule has 0 rings (SSSR count). The van der Waals surface area contributed by atoms with Crippen LogP contribution in [-0.2, 0) is 55.8 Å². The molecule has 5 heteroatoms. The number of rotatable bonds is 0. The van der Waals surface area contributed by atoms with Crippen LogP contribution in [0.4, 0.5) is 0 Å². The molecule has 5 heavy (non-hydrogen) atoms. The molecule has 0 aromatic carbocycles. The van der Waals surface area contributed by atoms with Crippen molar-refractivity contribution in [3.63, 3.8) is 0 Å². The maximum Gasteiger partial charge on any atom is 2.00 e. The zero-order valence-electron chi connectivity index (χ0n) is 2.44. The normalized spacial score (nSPS) is 0. The zero-order chi connectivity index (χ0) is 0. The largest absolute Gasteiger partial charge is 2.00 e. The van der Waals surface area contributed by atoms with Gasteiger partial charge in [0, 0.05) is 0 Å². The molecule has 0 heterocycles. The first-order valence-corrected chi connectivity index (χ1v) is 0. The summed E-state index contributed by atoms with van der Waals surface area (Å²) in [5, 5.41) is 0. The Morgan fingerprint density at radius 1 is 1.00 bits per heavy atom. The van der Waals surface area contributed by atoms with Crippen LogP contribution in [-0.4, -0.2) is 0 Å². The van der Waals surface area contributed by atoms with Gasteiger partial charge < -0.3 is 5.48 Å². The third-order valence-corrected chi connectivity index (χ3v) is 0. The van der Waals surface area contributed by atoms with Crippen LogP contribution in [0.5, 0.6) is 0 Å². The van der Waals surface area contributed by atoms with Gasteiger partial charge in [-0.05, 0) is 0 Å². The fourth-order valence-corrected chi connectivity index (χ4v) is 0. The second-order valence-electron chi connectivity index (χ2n) is 0. The van der Waals surface area contributed by atoms with Gasteiger partial charge in [0.05, 0.1) is 0 Å². The van der Waals surface area contributed by atoms with E-state index in [4.69, 9.17) is 0 Å². The molecule has 0 aliphatic carbocycles. The minimum absolute atomic E-state index is 0. The van der Waals surface area contributed by atoms with Crippen LogP contribution in [0.25, 0.3) is 0 Å². The Kier molecular flexibility index (Phi) is 323. The molecule has 2 radical (unpaired) electrons. The second-order valence-corrected chi connectivity index (χ2v) is 0. The summed E-state index contributed by atoms with van der Waals surface area (Å²) in [6.45, 7) is 0.